The minimum absolute atomic E-state index is 0.00373. The number of methoxy groups -OCH3 is 2. The van der Waals surface area contributed by atoms with Crippen LogP contribution in [0.4, 0.5) is 4.79 Å². The van der Waals surface area contributed by atoms with Gasteiger partial charge in [-0.05, 0) is 56.2 Å². The lowest BCUT2D eigenvalue weighted by Crippen LogP contribution is -2.60. The molecule has 0 N–H and O–H groups in total. The highest BCUT2D eigenvalue weighted by Gasteiger charge is 2.54. The molecule has 0 radical (unpaired) electrons. The number of esters is 1. The second-order valence-electron chi connectivity index (χ2n) is 10.3. The third-order valence-electron chi connectivity index (χ3n) is 7.51. The molecule has 37 heavy (non-hydrogen) atoms. The summed E-state index contributed by atoms with van der Waals surface area (Å²) in [4.78, 5) is 27.6. The first-order valence-corrected chi connectivity index (χ1v) is 14.1. The zero-order chi connectivity index (χ0) is 26.4. The number of thioether (sulfide) groups is 1. The topological polar surface area (TPSA) is 74.3 Å². The first kappa shape index (κ1) is 27.7. The standard InChI is InChI=1S/C29H39NO6S/c1-20-7-5-6-8-21(2)15-27(31)35-25-16-24(12-9-20)36-29(17-25,34-4)26-19-37-28(32)30(26)18-22-10-13-23(33-3)14-11-22/h5,7,10-11,13-15,20,24-26H,6,8-9,12,16-19H2,1-4H3/b7-5+,21-15-/t20-,24-,25-,26-,29-/m1/s1. The Morgan fingerprint density at radius 2 is 1.92 bits per heavy atom. The van der Waals surface area contributed by atoms with Crippen LogP contribution in [0.15, 0.2) is 48.1 Å². The van der Waals surface area contributed by atoms with E-state index >= 15 is 0 Å². The molecule has 3 aliphatic rings. The second-order valence-corrected chi connectivity index (χ2v) is 11.3. The fraction of sp³-hybridized carbons (Fsp3) is 0.586. The number of carbonyl (C=O) groups is 2. The maximum atomic E-state index is 13.0. The van der Waals surface area contributed by atoms with Crippen molar-refractivity contribution < 1.29 is 28.5 Å². The number of nitrogens with zero attached hydrogens (tertiary/aromatic N) is 1. The van der Waals surface area contributed by atoms with Crippen molar-refractivity contribution in [1.29, 1.82) is 0 Å². The molecule has 0 saturated carbocycles. The lowest BCUT2D eigenvalue weighted by molar-refractivity contribution is -0.305. The molecule has 7 nitrogen and oxygen atoms in total. The molecule has 202 valence electrons. The number of fused-ring (bicyclic) bond motifs is 2. The minimum Gasteiger partial charge on any atom is -0.497 e. The van der Waals surface area contributed by atoms with Crippen molar-refractivity contribution in [2.45, 2.75) is 83.0 Å². The average Bonchev–Trinajstić information content (AvgIpc) is 3.25. The summed E-state index contributed by atoms with van der Waals surface area (Å²) in [5.74, 6) is 0.357. The summed E-state index contributed by atoms with van der Waals surface area (Å²) in [5, 5.41) is -0.00373. The quantitative estimate of drug-likeness (QED) is 0.348. The Hall–Kier alpha value is -2.29. The van der Waals surface area contributed by atoms with Crippen LogP contribution in [-0.4, -0.2) is 60.1 Å². The first-order valence-electron chi connectivity index (χ1n) is 13.2. The first-order chi connectivity index (χ1) is 17.8. The van der Waals surface area contributed by atoms with E-state index in [4.69, 9.17) is 18.9 Å². The SMILES string of the molecule is COc1ccc(CN2C(=O)SC[C@@H]2[C@@]2(OC)C[C@H]3C[C@@H](CC[C@H](C)/C=C/CC/C(C)=C\C(=O)O3)O2)cc1. The van der Waals surface area contributed by atoms with Gasteiger partial charge in [0.25, 0.3) is 5.24 Å². The van der Waals surface area contributed by atoms with Gasteiger partial charge in [-0.25, -0.2) is 4.79 Å². The van der Waals surface area contributed by atoms with E-state index < -0.39 is 5.79 Å². The third-order valence-corrected chi connectivity index (χ3v) is 8.47. The molecule has 2 saturated heterocycles. The van der Waals surface area contributed by atoms with Gasteiger partial charge < -0.3 is 23.8 Å². The Labute approximate surface area is 224 Å². The number of rotatable bonds is 5. The predicted octanol–water partition coefficient (Wildman–Crippen LogP) is 5.88. The Balaban J connectivity index is 1.59. The minimum atomic E-state index is -1.06. The van der Waals surface area contributed by atoms with Crippen molar-refractivity contribution in [1.82, 2.24) is 4.90 Å². The largest absolute Gasteiger partial charge is 0.497 e. The van der Waals surface area contributed by atoms with E-state index in [1.54, 1.807) is 20.3 Å². The summed E-state index contributed by atoms with van der Waals surface area (Å²) in [5.41, 5.74) is 2.00. The Morgan fingerprint density at radius 1 is 1.14 bits per heavy atom. The van der Waals surface area contributed by atoms with Gasteiger partial charge in [0, 0.05) is 38.3 Å². The maximum absolute atomic E-state index is 13.0. The summed E-state index contributed by atoms with van der Waals surface area (Å²) in [6.45, 7) is 4.63. The summed E-state index contributed by atoms with van der Waals surface area (Å²) in [7, 11) is 3.27. The second kappa shape index (κ2) is 12.5. The lowest BCUT2D eigenvalue weighted by atomic mass is 9.89. The molecule has 5 atom stereocenters. The van der Waals surface area contributed by atoms with Gasteiger partial charge in [0.2, 0.25) is 0 Å². The monoisotopic (exact) mass is 529 g/mol. The molecule has 1 amide bonds. The van der Waals surface area contributed by atoms with Crippen LogP contribution in [0.2, 0.25) is 0 Å². The molecule has 1 aromatic carbocycles. The van der Waals surface area contributed by atoms with E-state index in [9.17, 15) is 9.59 Å². The van der Waals surface area contributed by atoms with Gasteiger partial charge in [-0.15, -0.1) is 0 Å². The van der Waals surface area contributed by atoms with E-state index in [1.807, 2.05) is 36.1 Å². The van der Waals surface area contributed by atoms with Gasteiger partial charge in [0.05, 0.1) is 19.3 Å². The van der Waals surface area contributed by atoms with Crippen LogP contribution >= 0.6 is 11.8 Å². The van der Waals surface area contributed by atoms with Crippen LogP contribution in [0.1, 0.15) is 57.9 Å². The van der Waals surface area contributed by atoms with Gasteiger partial charge in [-0.2, -0.15) is 0 Å². The smallest absolute Gasteiger partial charge is 0.330 e. The number of carbonyl (C=O) groups excluding carboxylic acids is 2. The molecule has 2 fully saturated rings. The number of benzene rings is 1. The highest BCUT2D eigenvalue weighted by molar-refractivity contribution is 8.13. The Kier molecular flexibility index (Phi) is 9.37. The number of ether oxygens (including phenoxy) is 4. The van der Waals surface area contributed by atoms with Gasteiger partial charge in [-0.1, -0.05) is 48.5 Å². The highest BCUT2D eigenvalue weighted by atomic mass is 32.2. The molecule has 2 bridgehead atoms. The van der Waals surface area contributed by atoms with Gasteiger partial charge in [-0.3, -0.25) is 4.79 Å². The zero-order valence-electron chi connectivity index (χ0n) is 22.3. The van der Waals surface area contributed by atoms with E-state index in [0.29, 0.717) is 31.1 Å². The number of amides is 1. The fourth-order valence-corrected chi connectivity index (χ4v) is 6.49. The maximum Gasteiger partial charge on any atom is 0.330 e. The van der Waals surface area contributed by atoms with Gasteiger partial charge >= 0.3 is 5.97 Å². The molecular weight excluding hydrogens is 490 g/mol. The fourth-order valence-electron chi connectivity index (χ4n) is 5.39. The predicted molar refractivity (Wildman–Crippen MR) is 144 cm³/mol. The average molecular weight is 530 g/mol. The normalized spacial score (nSPS) is 33.7. The van der Waals surface area contributed by atoms with Crippen LogP contribution in [-0.2, 0) is 25.5 Å². The van der Waals surface area contributed by atoms with E-state index in [-0.39, 0.29) is 29.5 Å². The number of allylic oxidation sites excluding steroid dienone is 3. The molecule has 3 heterocycles. The lowest BCUT2D eigenvalue weighted by Gasteiger charge is -2.48. The Morgan fingerprint density at radius 3 is 2.65 bits per heavy atom. The van der Waals surface area contributed by atoms with Crippen molar-refractivity contribution in [2.75, 3.05) is 20.0 Å². The van der Waals surface area contributed by atoms with Crippen molar-refractivity contribution in [3.05, 3.63) is 53.6 Å². The van der Waals surface area contributed by atoms with Gasteiger partial charge in [0.15, 0.2) is 5.79 Å². The molecule has 0 aliphatic carbocycles. The summed E-state index contributed by atoms with van der Waals surface area (Å²) in [6.07, 6.45) is 10.1. The van der Waals surface area contributed by atoms with Crippen LogP contribution < -0.4 is 4.74 Å². The molecular formula is C29H39NO6S. The summed E-state index contributed by atoms with van der Waals surface area (Å²) in [6, 6.07) is 7.41. The highest BCUT2D eigenvalue weighted by Crippen LogP contribution is 2.43. The molecule has 3 aliphatic heterocycles. The molecule has 4 rings (SSSR count). The number of hydrogen-bond acceptors (Lipinski definition) is 7. The van der Waals surface area contributed by atoms with E-state index in [0.717, 1.165) is 42.6 Å². The van der Waals surface area contributed by atoms with Crippen LogP contribution in [0.5, 0.6) is 5.75 Å². The van der Waals surface area contributed by atoms with Gasteiger partial charge in [0.1, 0.15) is 11.9 Å². The van der Waals surface area contributed by atoms with Crippen molar-refractivity contribution in [2.24, 2.45) is 5.92 Å². The summed E-state index contributed by atoms with van der Waals surface area (Å²) < 4.78 is 24.1. The zero-order valence-corrected chi connectivity index (χ0v) is 23.1. The Bertz CT molecular complexity index is 1010. The van der Waals surface area contributed by atoms with E-state index in [2.05, 4.69) is 19.1 Å². The van der Waals surface area contributed by atoms with Crippen molar-refractivity contribution in [3.8, 4) is 5.75 Å². The number of hydrogen-bond donors (Lipinski definition) is 0. The molecule has 0 unspecified atom stereocenters. The van der Waals surface area contributed by atoms with Crippen molar-refractivity contribution >= 4 is 23.0 Å². The summed E-state index contributed by atoms with van der Waals surface area (Å²) >= 11 is 1.28. The molecule has 8 heteroatoms. The van der Waals surface area contributed by atoms with Crippen molar-refractivity contribution in [3.63, 3.8) is 0 Å². The third kappa shape index (κ3) is 6.98. The van der Waals surface area contributed by atoms with E-state index in [1.165, 1.54) is 11.8 Å². The van der Waals surface area contributed by atoms with Crippen LogP contribution in [0.3, 0.4) is 0 Å². The van der Waals surface area contributed by atoms with Crippen LogP contribution in [0, 0.1) is 5.92 Å². The molecule has 0 aromatic heterocycles. The molecule has 1 aromatic rings. The molecule has 0 spiro atoms. The van der Waals surface area contributed by atoms with Crippen LogP contribution in [0.25, 0.3) is 0 Å².